The molecule has 0 radical (unpaired) electrons. The van der Waals surface area contributed by atoms with Crippen molar-refractivity contribution in [2.24, 2.45) is 0 Å². The summed E-state index contributed by atoms with van der Waals surface area (Å²) in [5.41, 5.74) is 0. The van der Waals surface area contributed by atoms with E-state index in [2.05, 4.69) is 0 Å². The maximum absolute atomic E-state index is 6.22. The molecule has 0 saturated carbocycles. The first-order chi connectivity index (χ1) is 41.2. The van der Waals surface area contributed by atoms with Gasteiger partial charge in [-0.1, -0.05) is 30.3 Å². The highest BCUT2D eigenvalue weighted by molar-refractivity contribution is 6.88. The molecule has 0 unspecified atom stereocenters. The largest absolute Gasteiger partial charge is 0.522 e. The summed E-state index contributed by atoms with van der Waals surface area (Å²) in [7, 11) is -0.179. The lowest BCUT2D eigenvalue weighted by molar-refractivity contribution is 0.0799. The number of hydrogen-bond acceptors (Lipinski definition) is 31. The van der Waals surface area contributed by atoms with E-state index >= 15 is 0 Å². The molecule has 31 nitrogen and oxygen atoms in total. The molecule has 0 saturated heterocycles. The van der Waals surface area contributed by atoms with Crippen molar-refractivity contribution in [2.45, 2.75) is 105 Å². The second kappa shape index (κ2) is 46.4. The minimum absolute atomic E-state index is 0.781. The van der Waals surface area contributed by atoms with Crippen LogP contribution in [0.5, 0.6) is 0 Å². The highest BCUT2D eigenvalue weighted by Crippen LogP contribution is 2.26. The van der Waals surface area contributed by atoms with E-state index in [9.17, 15) is 0 Å². The van der Waals surface area contributed by atoms with Crippen LogP contribution in [0.25, 0.3) is 0 Å². The third kappa shape index (κ3) is 39.6. The molecule has 0 spiro atoms. The molecular formula is C45H122O31Si14. The summed E-state index contributed by atoms with van der Waals surface area (Å²) in [4.78, 5) is 0. The van der Waals surface area contributed by atoms with Gasteiger partial charge >= 0.3 is 123 Å². The maximum Gasteiger partial charge on any atom is 0.522 e. The van der Waals surface area contributed by atoms with E-state index in [4.69, 9.17) is 135 Å². The van der Waals surface area contributed by atoms with E-state index in [1.54, 1.807) is 174 Å². The lowest BCUT2D eigenvalue weighted by Gasteiger charge is -2.38. The van der Waals surface area contributed by atoms with Gasteiger partial charge in [0.2, 0.25) is 0 Å². The number of rotatable bonds is 40. The molecule has 45 heteroatoms. The molecule has 90 heavy (non-hydrogen) atoms. The molecule has 0 N–H and O–H groups in total. The molecule has 0 fully saturated rings. The Balaban J connectivity index is -0.000000328. The smallest absolute Gasteiger partial charge is 0.398 e. The van der Waals surface area contributed by atoms with Crippen LogP contribution in [0, 0.1) is 0 Å². The third-order valence-corrected chi connectivity index (χ3v) is 55.9. The van der Waals surface area contributed by atoms with Crippen LogP contribution in [-0.4, -0.2) is 286 Å². The fourth-order valence-corrected chi connectivity index (χ4v) is 40.9. The van der Waals surface area contributed by atoms with E-state index in [1.165, 1.54) is 35.5 Å². The molecule has 0 amide bonds. The molecule has 0 atom stereocenters. The van der Waals surface area contributed by atoms with Crippen LogP contribution in [0.2, 0.25) is 105 Å². The van der Waals surface area contributed by atoms with Crippen molar-refractivity contribution in [2.75, 3.05) is 164 Å². The Hall–Kier alpha value is 1.02. The van der Waals surface area contributed by atoms with E-state index < -0.39 is 123 Å². The highest BCUT2D eigenvalue weighted by atomic mass is 28.5. The van der Waals surface area contributed by atoms with Crippen LogP contribution < -0.4 is 5.19 Å². The third-order valence-electron chi connectivity index (χ3n) is 13.0. The number of benzene rings is 1. The van der Waals surface area contributed by atoms with Crippen molar-refractivity contribution in [1.29, 1.82) is 0 Å². The van der Waals surface area contributed by atoms with Gasteiger partial charge in [0, 0.05) is 234 Å². The molecule has 0 aliphatic heterocycles. The predicted octanol–water partition coefficient (Wildman–Crippen LogP) is 6.56. The molecular weight excluding hydrogens is 1430 g/mol. The average molecular weight is 1550 g/mol. The van der Waals surface area contributed by atoms with Gasteiger partial charge in [-0.2, -0.15) is 0 Å². The molecule has 1 aromatic carbocycles. The van der Waals surface area contributed by atoms with Crippen molar-refractivity contribution in [3.8, 4) is 0 Å². The Morgan fingerprint density at radius 1 is 0.167 bits per heavy atom. The average Bonchev–Trinajstić information content (AvgIpc) is 0.879. The Morgan fingerprint density at radius 2 is 0.322 bits per heavy atom. The van der Waals surface area contributed by atoms with E-state index in [1.807, 2.05) is 89.3 Å². The van der Waals surface area contributed by atoms with Crippen molar-refractivity contribution in [3.63, 3.8) is 0 Å². The lowest BCUT2D eigenvalue weighted by atomic mass is 10.4. The second-order valence-corrected chi connectivity index (χ2v) is 63.5. The van der Waals surface area contributed by atoms with Crippen molar-refractivity contribution in [3.05, 3.63) is 30.3 Å². The molecule has 0 aromatic heterocycles. The molecule has 0 heterocycles. The van der Waals surface area contributed by atoms with Crippen LogP contribution in [0.1, 0.15) is 0 Å². The van der Waals surface area contributed by atoms with Crippen LogP contribution >= 0.6 is 0 Å². The second-order valence-electron chi connectivity index (χ2n) is 20.3. The molecule has 0 aliphatic rings. The first kappa shape index (κ1) is 99.7. The maximum atomic E-state index is 6.22. The molecule has 1 aromatic rings. The van der Waals surface area contributed by atoms with Gasteiger partial charge in [0.05, 0.1) is 0 Å². The molecule has 1 rings (SSSR count). The lowest BCUT2D eigenvalue weighted by Crippen LogP contribution is -2.67. The highest BCUT2D eigenvalue weighted by Gasteiger charge is 2.57. The number of hydrogen-bond donors (Lipinski definition) is 0. The molecule has 0 bridgehead atoms. The topological polar surface area (TPSA) is 286 Å². The van der Waals surface area contributed by atoms with E-state index in [0.29, 0.717) is 0 Å². The van der Waals surface area contributed by atoms with Gasteiger partial charge in [0.25, 0.3) is 0 Å². The molecule has 544 valence electrons. The Bertz CT molecular complexity index is 1790. The quantitative estimate of drug-likeness (QED) is 0.0629. The first-order valence-electron chi connectivity index (χ1n) is 27.5. The SMILES string of the molecule is CO[Si](C)(C)O[Si](C)(OC)OC.CO[Si](C)(C)O[Si](C)(OC)OC.CO[Si](C)(C)O[Si](C)(OC)OC.CO[Si](C)(OC)O[Si](C)(OC)OC.CO[Si](C)(OC)O[Si](C)(OC)O[Si](C)(OC)OC.CO[Si](C)(OC)O[Si](OC)(O[Si](C)(OC)OC)c1ccccc1. The van der Waals surface area contributed by atoms with Gasteiger partial charge in [-0.3, -0.25) is 0 Å². The van der Waals surface area contributed by atoms with Gasteiger partial charge in [-0.15, -0.1) is 0 Å². The fraction of sp³-hybridized carbons (Fsp3) is 0.867. The van der Waals surface area contributed by atoms with Gasteiger partial charge in [-0.05, 0) is 39.3 Å². The van der Waals surface area contributed by atoms with Gasteiger partial charge in [0.15, 0.2) is 0 Å². The van der Waals surface area contributed by atoms with Gasteiger partial charge in [-0.25, -0.2) is 0 Å². The van der Waals surface area contributed by atoms with E-state index in [0.717, 1.165) is 5.19 Å². The van der Waals surface area contributed by atoms with Crippen molar-refractivity contribution in [1.82, 2.24) is 0 Å². The fourth-order valence-electron chi connectivity index (χ4n) is 5.55. The summed E-state index contributed by atoms with van der Waals surface area (Å²) in [5, 5.41) is 0.781. The summed E-state index contributed by atoms with van der Waals surface area (Å²) in [5.74, 6) is 0. The predicted molar refractivity (Wildman–Crippen MR) is 370 cm³/mol. The van der Waals surface area contributed by atoms with Crippen LogP contribution in [0.15, 0.2) is 30.3 Å². The summed E-state index contributed by atoms with van der Waals surface area (Å²) < 4.78 is 168. The van der Waals surface area contributed by atoms with Crippen LogP contribution in [0.4, 0.5) is 0 Å². The zero-order valence-corrected chi connectivity index (χ0v) is 76.0. The Morgan fingerprint density at radius 3 is 0.478 bits per heavy atom. The van der Waals surface area contributed by atoms with E-state index in [-0.39, 0.29) is 0 Å². The zero-order valence-electron chi connectivity index (χ0n) is 62.0. The van der Waals surface area contributed by atoms with Gasteiger partial charge < -0.3 is 135 Å². The minimum atomic E-state index is -3.38. The summed E-state index contributed by atoms with van der Waals surface area (Å²) in [6, 6.07) is 9.45. The minimum Gasteiger partial charge on any atom is -0.398 e. The van der Waals surface area contributed by atoms with Crippen molar-refractivity contribution >= 4 is 128 Å². The van der Waals surface area contributed by atoms with Gasteiger partial charge in [0.1, 0.15) is 0 Å². The monoisotopic (exact) mass is 1550 g/mol. The zero-order chi connectivity index (χ0) is 72.0. The van der Waals surface area contributed by atoms with Crippen LogP contribution in [0.3, 0.4) is 0 Å². The van der Waals surface area contributed by atoms with Crippen molar-refractivity contribution < 1.29 is 135 Å². The standard InChI is InChI=1S/C13H26O7Si3.C8H24O7Si3.C6H18O5Si2.3C6H18O4Si2/c1-14-21(6,15-2)19-23(18-5,13-11-9-8-10-12-13)20-22(7,16-3)17-4;1-9-16(6,10-2)14-18(8,13-5)15-17(7,11-3)12-4;1-7-12(5,8-2)11-13(6,9-3)10-4;3*1-7-11(4,5)10-12(6,8-2)9-3/h8-12H,1-7H3;1-8H3;1-6H3;3*1-6H3. The summed E-state index contributed by atoms with van der Waals surface area (Å²) in [6.07, 6.45) is 0. The molecule has 0 aliphatic carbocycles. The Kier molecular flexibility index (Phi) is 51.4. The van der Waals surface area contributed by atoms with Crippen LogP contribution in [-0.2, 0) is 135 Å². The normalized spacial score (nSPS) is 13.5. The summed E-state index contributed by atoms with van der Waals surface area (Å²) >= 11 is 0. The first-order valence-corrected chi connectivity index (χ1v) is 59.9. The Labute approximate surface area is 557 Å². The summed E-state index contributed by atoms with van der Waals surface area (Å²) in [6.45, 7) is 29.7.